The second kappa shape index (κ2) is 4.09. The first kappa shape index (κ1) is 9.65. The Bertz CT molecular complexity index is 350. The molecule has 1 aliphatic carbocycles. The molecule has 1 fully saturated rings. The van der Waals surface area contributed by atoms with E-state index in [9.17, 15) is 4.91 Å². The minimum atomic E-state index is 0.478. The smallest absolute Gasteiger partial charge is 0.132 e. The molecular weight excluding hydrogens is 244 g/mol. The van der Waals surface area contributed by atoms with E-state index in [2.05, 4.69) is 26.4 Å². The van der Waals surface area contributed by atoms with Gasteiger partial charge in [-0.05, 0) is 42.6 Å². The Balaban J connectivity index is 2.18. The number of hydrogen-bond acceptors (Lipinski definition) is 3. The lowest BCUT2D eigenvalue weighted by atomic mass is 9.93. The molecule has 0 aromatic heterocycles. The molecular formula is C10H11BrN2O. The maximum absolute atomic E-state index is 10.6. The van der Waals surface area contributed by atoms with E-state index >= 15 is 0 Å². The van der Waals surface area contributed by atoms with Crippen molar-refractivity contribution in [3.8, 4) is 0 Å². The molecule has 1 aliphatic rings. The van der Waals surface area contributed by atoms with Crippen molar-refractivity contribution < 1.29 is 0 Å². The summed E-state index contributed by atoms with van der Waals surface area (Å²) in [7, 11) is 0. The van der Waals surface area contributed by atoms with E-state index in [-0.39, 0.29) is 0 Å². The van der Waals surface area contributed by atoms with Crippen LogP contribution in [-0.4, -0.2) is 6.04 Å². The van der Waals surface area contributed by atoms with Gasteiger partial charge in [0, 0.05) is 10.5 Å². The molecule has 0 atom stereocenters. The molecule has 1 aromatic carbocycles. The van der Waals surface area contributed by atoms with Gasteiger partial charge >= 0.3 is 0 Å². The largest absolute Gasteiger partial charge is 0.380 e. The average Bonchev–Trinajstić information content (AvgIpc) is 2.13. The number of hydrogen-bond donors (Lipinski definition) is 1. The van der Waals surface area contributed by atoms with Crippen LogP contribution in [0.4, 0.5) is 11.4 Å². The molecule has 0 radical (unpaired) electrons. The lowest BCUT2D eigenvalue weighted by Crippen LogP contribution is -2.26. The Morgan fingerprint density at radius 1 is 1.43 bits per heavy atom. The van der Waals surface area contributed by atoms with Crippen LogP contribution < -0.4 is 5.32 Å². The standard InChI is InChI=1S/C10H11BrN2O/c11-7-4-5-9(10(6-7)13-14)12-8-2-1-3-8/h4-6,8,12H,1-3H2. The van der Waals surface area contributed by atoms with E-state index in [4.69, 9.17) is 0 Å². The Labute approximate surface area is 91.0 Å². The van der Waals surface area contributed by atoms with Crippen LogP contribution in [0.5, 0.6) is 0 Å². The molecule has 14 heavy (non-hydrogen) atoms. The topological polar surface area (TPSA) is 41.5 Å². The van der Waals surface area contributed by atoms with Crippen LogP contribution in [0.2, 0.25) is 0 Å². The number of nitrogens with zero attached hydrogens (tertiary/aromatic N) is 1. The maximum atomic E-state index is 10.6. The van der Waals surface area contributed by atoms with E-state index in [1.165, 1.54) is 19.3 Å². The van der Waals surface area contributed by atoms with Crippen LogP contribution >= 0.6 is 15.9 Å². The number of nitrogens with one attached hydrogen (secondary N) is 1. The summed E-state index contributed by atoms with van der Waals surface area (Å²) in [6.45, 7) is 0. The van der Waals surface area contributed by atoms with Gasteiger partial charge in [-0.1, -0.05) is 15.9 Å². The molecule has 1 aromatic rings. The molecule has 0 amide bonds. The molecule has 0 unspecified atom stereocenters. The summed E-state index contributed by atoms with van der Waals surface area (Å²) in [6, 6.07) is 6.06. The highest BCUT2D eigenvalue weighted by Gasteiger charge is 2.18. The van der Waals surface area contributed by atoms with E-state index in [1.54, 1.807) is 6.07 Å². The minimum Gasteiger partial charge on any atom is -0.380 e. The molecule has 1 saturated carbocycles. The van der Waals surface area contributed by atoms with E-state index < -0.39 is 0 Å². The molecule has 1 N–H and O–H groups in total. The van der Waals surface area contributed by atoms with Crippen LogP contribution in [0.15, 0.2) is 27.8 Å². The quantitative estimate of drug-likeness (QED) is 0.834. The van der Waals surface area contributed by atoms with Gasteiger partial charge in [0.15, 0.2) is 0 Å². The fourth-order valence-corrected chi connectivity index (χ4v) is 1.82. The zero-order valence-corrected chi connectivity index (χ0v) is 9.25. The lowest BCUT2D eigenvalue weighted by molar-refractivity contribution is 0.445. The summed E-state index contributed by atoms with van der Waals surface area (Å²) in [5, 5.41) is 6.31. The summed E-state index contributed by atoms with van der Waals surface area (Å²) in [6.07, 6.45) is 3.65. The molecule has 74 valence electrons. The molecule has 0 saturated heterocycles. The number of halogens is 1. The Morgan fingerprint density at radius 2 is 2.21 bits per heavy atom. The monoisotopic (exact) mass is 254 g/mol. The van der Waals surface area contributed by atoms with E-state index in [0.29, 0.717) is 11.7 Å². The lowest BCUT2D eigenvalue weighted by Gasteiger charge is -2.27. The number of benzene rings is 1. The minimum absolute atomic E-state index is 0.478. The summed E-state index contributed by atoms with van der Waals surface area (Å²) < 4.78 is 0.881. The third-order valence-electron chi connectivity index (χ3n) is 2.52. The first-order valence-electron chi connectivity index (χ1n) is 4.69. The molecule has 4 heteroatoms. The second-order valence-corrected chi connectivity index (χ2v) is 4.44. The molecule has 0 bridgehead atoms. The molecule has 3 nitrogen and oxygen atoms in total. The van der Waals surface area contributed by atoms with Crippen molar-refractivity contribution in [2.24, 2.45) is 5.18 Å². The molecule has 2 rings (SSSR count). The van der Waals surface area contributed by atoms with Gasteiger partial charge in [0.05, 0.1) is 5.69 Å². The summed E-state index contributed by atoms with van der Waals surface area (Å²) in [5.74, 6) is 0. The van der Waals surface area contributed by atoms with Crippen LogP contribution in [0.25, 0.3) is 0 Å². The van der Waals surface area contributed by atoms with Crippen LogP contribution in [0, 0.1) is 4.91 Å². The summed E-state index contributed by atoms with van der Waals surface area (Å²) >= 11 is 3.31. The van der Waals surface area contributed by atoms with Crippen molar-refractivity contribution in [1.29, 1.82) is 0 Å². The van der Waals surface area contributed by atoms with E-state index in [0.717, 1.165) is 10.2 Å². The zero-order chi connectivity index (χ0) is 9.97. The highest BCUT2D eigenvalue weighted by molar-refractivity contribution is 9.10. The molecule has 0 spiro atoms. The van der Waals surface area contributed by atoms with Crippen LogP contribution in [0.1, 0.15) is 19.3 Å². The van der Waals surface area contributed by atoms with Crippen molar-refractivity contribution in [3.63, 3.8) is 0 Å². The van der Waals surface area contributed by atoms with Crippen molar-refractivity contribution in [2.75, 3.05) is 5.32 Å². The predicted octanol–water partition coefficient (Wildman–Crippen LogP) is 3.81. The van der Waals surface area contributed by atoms with Gasteiger partial charge in [-0.2, -0.15) is 0 Å². The van der Waals surface area contributed by atoms with Crippen LogP contribution in [-0.2, 0) is 0 Å². The van der Waals surface area contributed by atoms with Gasteiger partial charge < -0.3 is 5.32 Å². The van der Waals surface area contributed by atoms with Gasteiger partial charge in [0.25, 0.3) is 0 Å². The fraction of sp³-hybridized carbons (Fsp3) is 0.400. The maximum Gasteiger partial charge on any atom is 0.132 e. The van der Waals surface area contributed by atoms with Gasteiger partial charge in [0.1, 0.15) is 5.69 Å². The SMILES string of the molecule is O=Nc1cc(Br)ccc1NC1CCC1. The Kier molecular flexibility index (Phi) is 2.82. The first-order valence-corrected chi connectivity index (χ1v) is 5.48. The van der Waals surface area contributed by atoms with Gasteiger partial charge in [-0.25, -0.2) is 0 Å². The summed E-state index contributed by atoms with van der Waals surface area (Å²) in [4.78, 5) is 10.6. The van der Waals surface area contributed by atoms with Crippen molar-refractivity contribution >= 4 is 27.3 Å². The number of rotatable bonds is 3. The molecule has 0 heterocycles. The van der Waals surface area contributed by atoms with E-state index in [1.807, 2.05) is 12.1 Å². The van der Waals surface area contributed by atoms with Crippen molar-refractivity contribution in [2.45, 2.75) is 25.3 Å². The molecule has 0 aliphatic heterocycles. The normalized spacial score (nSPS) is 16.1. The number of anilines is 1. The highest BCUT2D eigenvalue weighted by atomic mass is 79.9. The Morgan fingerprint density at radius 3 is 2.79 bits per heavy atom. The van der Waals surface area contributed by atoms with Crippen molar-refractivity contribution in [1.82, 2.24) is 0 Å². The van der Waals surface area contributed by atoms with Crippen molar-refractivity contribution in [3.05, 3.63) is 27.6 Å². The predicted molar refractivity (Wildman–Crippen MR) is 60.9 cm³/mol. The second-order valence-electron chi connectivity index (χ2n) is 3.52. The third kappa shape index (κ3) is 1.95. The number of nitroso groups, excluding NO2 is 1. The van der Waals surface area contributed by atoms with Gasteiger partial charge in [-0.15, -0.1) is 4.91 Å². The van der Waals surface area contributed by atoms with Gasteiger partial charge in [-0.3, -0.25) is 0 Å². The summed E-state index contributed by atoms with van der Waals surface area (Å²) in [5.41, 5.74) is 1.32. The van der Waals surface area contributed by atoms with Crippen LogP contribution in [0.3, 0.4) is 0 Å². The van der Waals surface area contributed by atoms with Gasteiger partial charge in [0.2, 0.25) is 0 Å². The average molecular weight is 255 g/mol. The first-order chi connectivity index (χ1) is 6.79. The third-order valence-corrected chi connectivity index (χ3v) is 3.02. The Hall–Kier alpha value is -0.900. The zero-order valence-electron chi connectivity index (χ0n) is 7.66. The fourth-order valence-electron chi connectivity index (χ4n) is 1.47. The highest BCUT2D eigenvalue weighted by Crippen LogP contribution is 2.31.